The maximum Gasteiger partial charge on any atom is 0.272 e. The van der Waals surface area contributed by atoms with E-state index in [1.807, 2.05) is 0 Å². The summed E-state index contributed by atoms with van der Waals surface area (Å²) in [6, 6.07) is 6.74. The summed E-state index contributed by atoms with van der Waals surface area (Å²) in [7, 11) is -2.01. The van der Waals surface area contributed by atoms with Gasteiger partial charge in [0.25, 0.3) is 11.6 Å². The van der Waals surface area contributed by atoms with Crippen molar-refractivity contribution in [3.05, 3.63) is 52.3 Å². The van der Waals surface area contributed by atoms with E-state index in [1.54, 1.807) is 7.05 Å². The number of anilines is 1. The number of aryl methyl sites for hydroxylation is 1. The van der Waals surface area contributed by atoms with Gasteiger partial charge in [-0.15, -0.1) is 0 Å². The minimum atomic E-state index is -3.60. The second kappa shape index (κ2) is 6.89. The number of nitro groups is 1. The number of hydrogen-bond donors (Lipinski definition) is 1. The van der Waals surface area contributed by atoms with Gasteiger partial charge in [0.2, 0.25) is 10.0 Å². The lowest BCUT2D eigenvalue weighted by molar-refractivity contribution is -0.384. The van der Waals surface area contributed by atoms with Gasteiger partial charge in [0.15, 0.2) is 0 Å². The van der Waals surface area contributed by atoms with Crippen LogP contribution in [0.4, 0.5) is 11.4 Å². The van der Waals surface area contributed by atoms with E-state index >= 15 is 0 Å². The van der Waals surface area contributed by atoms with Crippen molar-refractivity contribution in [2.45, 2.75) is 17.7 Å². The average Bonchev–Trinajstić information content (AvgIpc) is 3.25. The number of nitrogens with one attached hydrogen (secondary N) is 1. The number of non-ortho nitro benzene ring substituents is 1. The molecule has 10 heteroatoms. The molecule has 9 nitrogen and oxygen atoms in total. The number of sulfonamides is 1. The highest BCUT2D eigenvalue weighted by molar-refractivity contribution is 7.89. The Morgan fingerprint density at radius 1 is 1.19 bits per heavy atom. The van der Waals surface area contributed by atoms with Crippen LogP contribution in [-0.2, 0) is 17.1 Å². The first-order valence-corrected chi connectivity index (χ1v) is 9.45. The summed E-state index contributed by atoms with van der Waals surface area (Å²) in [5.41, 5.74) is 0.479. The summed E-state index contributed by atoms with van der Waals surface area (Å²) in [4.78, 5) is 22.7. The Bertz CT molecular complexity index is 944. The number of carbonyl (C=O) groups excluding carboxylic acids is 1. The number of amides is 1. The van der Waals surface area contributed by atoms with Crippen molar-refractivity contribution >= 4 is 27.3 Å². The number of benzene rings is 1. The van der Waals surface area contributed by atoms with Crippen molar-refractivity contribution in [3.63, 3.8) is 0 Å². The molecule has 1 aromatic heterocycles. The minimum Gasteiger partial charge on any atom is -0.345 e. The van der Waals surface area contributed by atoms with E-state index in [-0.39, 0.29) is 16.3 Å². The number of rotatable bonds is 5. The standard InChI is InChI=1S/C16H18N4O5S/c1-18-11-14(26(24,25)19-8-2-3-9-19)10-15(18)16(21)17-12-4-6-13(7-5-12)20(22)23/h4-7,10-11H,2-3,8-9H2,1H3,(H,17,21). The van der Waals surface area contributed by atoms with Gasteiger partial charge < -0.3 is 9.88 Å². The van der Waals surface area contributed by atoms with E-state index in [1.165, 1.54) is 45.4 Å². The predicted molar refractivity (Wildman–Crippen MR) is 94.5 cm³/mol. The maximum absolute atomic E-state index is 12.6. The van der Waals surface area contributed by atoms with Crippen molar-refractivity contribution in [2.75, 3.05) is 18.4 Å². The van der Waals surface area contributed by atoms with Gasteiger partial charge in [0.1, 0.15) is 10.6 Å². The fourth-order valence-electron chi connectivity index (χ4n) is 2.84. The van der Waals surface area contributed by atoms with Crippen LogP contribution in [0.5, 0.6) is 0 Å². The summed E-state index contributed by atoms with van der Waals surface area (Å²) in [6.07, 6.45) is 3.08. The third-order valence-electron chi connectivity index (χ3n) is 4.25. The molecule has 0 radical (unpaired) electrons. The first kappa shape index (κ1) is 18.1. The maximum atomic E-state index is 12.6. The van der Waals surface area contributed by atoms with Crippen molar-refractivity contribution < 1.29 is 18.1 Å². The summed E-state index contributed by atoms with van der Waals surface area (Å²) in [5.74, 6) is -0.496. The molecule has 1 aliphatic heterocycles. The number of nitro benzene ring substituents is 1. The Hall–Kier alpha value is -2.72. The molecular weight excluding hydrogens is 360 g/mol. The third kappa shape index (κ3) is 3.46. The van der Waals surface area contributed by atoms with Crippen LogP contribution in [0.25, 0.3) is 0 Å². The van der Waals surface area contributed by atoms with E-state index in [0.29, 0.717) is 18.8 Å². The highest BCUT2D eigenvalue weighted by Gasteiger charge is 2.29. The van der Waals surface area contributed by atoms with Gasteiger partial charge in [-0.2, -0.15) is 4.31 Å². The summed E-state index contributed by atoms with van der Waals surface area (Å²) < 4.78 is 28.1. The lowest BCUT2D eigenvalue weighted by Crippen LogP contribution is -2.27. The van der Waals surface area contributed by atoms with Crippen molar-refractivity contribution in [1.29, 1.82) is 0 Å². The molecule has 2 aromatic rings. The first-order chi connectivity index (χ1) is 12.3. The van der Waals surface area contributed by atoms with Gasteiger partial charge in [0, 0.05) is 44.2 Å². The summed E-state index contributed by atoms with van der Waals surface area (Å²) >= 11 is 0. The van der Waals surface area contributed by atoms with E-state index < -0.39 is 20.9 Å². The number of carbonyl (C=O) groups is 1. The Morgan fingerprint density at radius 2 is 1.81 bits per heavy atom. The molecule has 2 heterocycles. The molecule has 1 fully saturated rings. The Balaban J connectivity index is 1.80. The zero-order chi connectivity index (χ0) is 18.9. The van der Waals surface area contributed by atoms with Crippen LogP contribution in [0.2, 0.25) is 0 Å². The van der Waals surface area contributed by atoms with Crippen molar-refractivity contribution in [2.24, 2.45) is 7.05 Å². The molecule has 0 bridgehead atoms. The molecule has 0 saturated carbocycles. The molecule has 1 amide bonds. The molecule has 0 atom stereocenters. The summed E-state index contributed by atoms with van der Waals surface area (Å²) in [5, 5.41) is 13.3. The second-order valence-corrected chi connectivity index (χ2v) is 7.98. The van der Waals surface area contributed by atoms with Crippen LogP contribution in [0.15, 0.2) is 41.4 Å². The van der Waals surface area contributed by atoms with E-state index in [4.69, 9.17) is 0 Å². The van der Waals surface area contributed by atoms with Gasteiger partial charge in [-0.05, 0) is 31.0 Å². The van der Waals surface area contributed by atoms with Gasteiger partial charge in [-0.25, -0.2) is 8.42 Å². The highest BCUT2D eigenvalue weighted by Crippen LogP contribution is 2.23. The molecular formula is C16H18N4O5S. The van der Waals surface area contributed by atoms with Gasteiger partial charge in [0.05, 0.1) is 4.92 Å². The smallest absolute Gasteiger partial charge is 0.272 e. The van der Waals surface area contributed by atoms with Crippen molar-refractivity contribution in [1.82, 2.24) is 8.87 Å². The Kier molecular flexibility index (Phi) is 4.79. The fraction of sp³-hybridized carbons (Fsp3) is 0.312. The quantitative estimate of drug-likeness (QED) is 0.631. The Morgan fingerprint density at radius 3 is 2.38 bits per heavy atom. The monoisotopic (exact) mass is 378 g/mol. The van der Waals surface area contributed by atoms with Crippen LogP contribution in [0.1, 0.15) is 23.3 Å². The largest absolute Gasteiger partial charge is 0.345 e. The number of nitrogens with zero attached hydrogens (tertiary/aromatic N) is 3. The third-order valence-corrected chi connectivity index (χ3v) is 6.12. The van der Waals surface area contributed by atoms with E-state index in [0.717, 1.165) is 12.8 Å². The SMILES string of the molecule is Cn1cc(S(=O)(=O)N2CCCC2)cc1C(=O)Nc1ccc([N+](=O)[O-])cc1. The lowest BCUT2D eigenvalue weighted by atomic mass is 10.2. The van der Waals surface area contributed by atoms with Crippen molar-refractivity contribution in [3.8, 4) is 0 Å². The van der Waals surface area contributed by atoms with Crippen LogP contribution in [-0.4, -0.2) is 41.2 Å². The van der Waals surface area contributed by atoms with E-state index in [2.05, 4.69) is 5.32 Å². The zero-order valence-corrected chi connectivity index (χ0v) is 14.9. The molecule has 1 aliphatic rings. The van der Waals surface area contributed by atoms with Crippen LogP contribution < -0.4 is 5.32 Å². The second-order valence-electron chi connectivity index (χ2n) is 6.04. The minimum absolute atomic E-state index is 0.0794. The number of aromatic nitrogens is 1. The fourth-order valence-corrected chi connectivity index (χ4v) is 4.43. The van der Waals surface area contributed by atoms with Crippen LogP contribution in [0.3, 0.4) is 0 Å². The normalized spacial score (nSPS) is 15.1. The van der Waals surface area contributed by atoms with Gasteiger partial charge >= 0.3 is 0 Å². The molecule has 0 aliphatic carbocycles. The average molecular weight is 378 g/mol. The predicted octanol–water partition coefficient (Wildman–Crippen LogP) is 1.97. The molecule has 0 spiro atoms. The van der Waals surface area contributed by atoms with E-state index in [9.17, 15) is 23.3 Å². The first-order valence-electron chi connectivity index (χ1n) is 8.01. The molecule has 3 rings (SSSR count). The topological polar surface area (TPSA) is 115 Å². The lowest BCUT2D eigenvalue weighted by Gasteiger charge is -2.13. The van der Waals surface area contributed by atoms with Crippen LogP contribution >= 0.6 is 0 Å². The van der Waals surface area contributed by atoms with Crippen LogP contribution in [0, 0.1) is 10.1 Å². The van der Waals surface area contributed by atoms with Gasteiger partial charge in [-0.1, -0.05) is 0 Å². The Labute approximate surface area is 150 Å². The highest BCUT2D eigenvalue weighted by atomic mass is 32.2. The molecule has 26 heavy (non-hydrogen) atoms. The molecule has 1 saturated heterocycles. The molecule has 1 N–H and O–H groups in total. The summed E-state index contributed by atoms with van der Waals surface area (Å²) in [6.45, 7) is 0.975. The number of hydrogen-bond acceptors (Lipinski definition) is 5. The molecule has 0 unspecified atom stereocenters. The zero-order valence-electron chi connectivity index (χ0n) is 14.1. The molecule has 138 valence electrons. The molecule has 1 aromatic carbocycles. The van der Waals surface area contributed by atoms with Gasteiger partial charge in [-0.3, -0.25) is 14.9 Å².